The highest BCUT2D eigenvalue weighted by Crippen LogP contribution is 2.49. The van der Waals surface area contributed by atoms with E-state index < -0.39 is 68.3 Å². The molecule has 12 nitrogen and oxygen atoms in total. The van der Waals surface area contributed by atoms with Gasteiger partial charge in [-0.2, -0.15) is 5.09 Å². The summed E-state index contributed by atoms with van der Waals surface area (Å²) in [5.41, 5.74) is -1.02. The second-order valence-corrected chi connectivity index (χ2v) is 13.0. The number of para-hydroxylation sites is 1. The Morgan fingerprint density at radius 1 is 1.18 bits per heavy atom. The Labute approximate surface area is 262 Å². The van der Waals surface area contributed by atoms with Gasteiger partial charge in [-0.15, -0.1) is 0 Å². The lowest BCUT2D eigenvalue weighted by Gasteiger charge is -2.46. The molecule has 2 aliphatic heterocycles. The molecule has 4 rings (SSSR count). The van der Waals surface area contributed by atoms with Gasteiger partial charge in [0, 0.05) is 31.9 Å². The Hall–Kier alpha value is -3.32. The average Bonchev–Trinajstić information content (AvgIpc) is 3.22. The number of rotatable bonds is 13. The molecule has 0 saturated carbocycles. The van der Waals surface area contributed by atoms with Crippen LogP contribution in [0, 0.1) is 0 Å². The standard InChI is InChI=1S/C31H41FN3O9P/c1-7-23(28(38)42-20(2)3)34-45(39,44-24-16-12-11-15-22(24)21-13-9-8-10-14-21)41-19-25-27(37)30(4,32)29(43-25)35-18-17-26(36)33-31(35,5)40-6/h8-18,20,23,25,27,29,37H,7,19H2,1-6H3,(H,33,36)(H,34,39)/t23-,25+,27+,29+,30+,31?,45?/m0/s1. The zero-order valence-corrected chi connectivity index (χ0v) is 27.0. The van der Waals surface area contributed by atoms with Crippen molar-refractivity contribution < 1.29 is 46.9 Å². The van der Waals surface area contributed by atoms with Crippen LogP contribution in [0.15, 0.2) is 66.9 Å². The van der Waals surface area contributed by atoms with E-state index in [1.54, 1.807) is 45.0 Å². The van der Waals surface area contributed by atoms with E-state index in [0.29, 0.717) is 5.56 Å². The van der Waals surface area contributed by atoms with Gasteiger partial charge in [0.15, 0.2) is 11.9 Å². The molecule has 7 atom stereocenters. The molecular formula is C31H41FN3O9P. The number of nitrogens with one attached hydrogen (secondary N) is 2. The molecule has 0 aliphatic carbocycles. The fourth-order valence-corrected chi connectivity index (χ4v) is 6.65. The van der Waals surface area contributed by atoms with Crippen molar-refractivity contribution in [2.24, 2.45) is 0 Å². The maximum Gasteiger partial charge on any atom is 0.459 e. The summed E-state index contributed by atoms with van der Waals surface area (Å²) in [6.45, 7) is 7.12. The summed E-state index contributed by atoms with van der Waals surface area (Å²) in [6.07, 6.45) is -2.31. The average molecular weight is 650 g/mol. The fraction of sp³-hybridized carbons (Fsp3) is 0.484. The number of benzene rings is 2. The summed E-state index contributed by atoms with van der Waals surface area (Å²) in [7, 11) is -3.12. The molecule has 1 fully saturated rings. The van der Waals surface area contributed by atoms with Crippen LogP contribution in [-0.4, -0.2) is 77.7 Å². The number of ether oxygens (including phenoxy) is 3. The molecule has 3 N–H and O–H groups in total. The van der Waals surface area contributed by atoms with E-state index in [1.165, 1.54) is 31.2 Å². The predicted octanol–water partition coefficient (Wildman–Crippen LogP) is 4.26. The van der Waals surface area contributed by atoms with Gasteiger partial charge in [-0.3, -0.25) is 14.1 Å². The van der Waals surface area contributed by atoms with Crippen LogP contribution < -0.4 is 14.9 Å². The highest BCUT2D eigenvalue weighted by Gasteiger charge is 2.59. The second kappa shape index (κ2) is 14.0. The Bertz CT molecular complexity index is 1430. The van der Waals surface area contributed by atoms with E-state index in [9.17, 15) is 19.3 Å². The van der Waals surface area contributed by atoms with Crippen molar-refractivity contribution in [1.29, 1.82) is 0 Å². The van der Waals surface area contributed by atoms with Crippen molar-refractivity contribution in [3.05, 3.63) is 66.9 Å². The van der Waals surface area contributed by atoms with Crippen LogP contribution in [0.25, 0.3) is 11.1 Å². The minimum atomic E-state index is -4.44. The van der Waals surface area contributed by atoms with Crippen LogP contribution in [0.1, 0.15) is 41.0 Å². The number of amides is 1. The molecule has 246 valence electrons. The van der Waals surface area contributed by atoms with Gasteiger partial charge in [-0.05, 0) is 38.8 Å². The zero-order valence-electron chi connectivity index (χ0n) is 26.1. The first-order chi connectivity index (χ1) is 21.2. The third kappa shape index (κ3) is 7.74. The lowest BCUT2D eigenvalue weighted by Crippen LogP contribution is -2.66. The first-order valence-corrected chi connectivity index (χ1v) is 16.2. The maximum absolute atomic E-state index is 16.1. The second-order valence-electron chi connectivity index (χ2n) is 11.3. The zero-order chi connectivity index (χ0) is 33.0. The number of carbonyl (C=O) groups is 2. The molecule has 45 heavy (non-hydrogen) atoms. The van der Waals surface area contributed by atoms with E-state index in [-0.39, 0.29) is 12.2 Å². The lowest BCUT2D eigenvalue weighted by molar-refractivity contribution is -0.213. The summed E-state index contributed by atoms with van der Waals surface area (Å²) < 4.78 is 59.1. The van der Waals surface area contributed by atoms with Crippen molar-refractivity contribution in [2.75, 3.05) is 13.7 Å². The number of hydrogen-bond acceptors (Lipinski definition) is 10. The Morgan fingerprint density at radius 3 is 2.49 bits per heavy atom. The number of hydrogen-bond donors (Lipinski definition) is 3. The number of carbonyl (C=O) groups excluding carboxylic acids is 2. The quantitative estimate of drug-likeness (QED) is 0.212. The van der Waals surface area contributed by atoms with Gasteiger partial charge >= 0.3 is 13.7 Å². The summed E-state index contributed by atoms with van der Waals surface area (Å²) >= 11 is 0. The van der Waals surface area contributed by atoms with Gasteiger partial charge in [0.25, 0.3) is 0 Å². The van der Waals surface area contributed by atoms with E-state index in [0.717, 1.165) is 12.5 Å². The third-order valence-electron chi connectivity index (χ3n) is 7.56. The molecule has 14 heteroatoms. The Morgan fingerprint density at radius 2 is 1.84 bits per heavy atom. The van der Waals surface area contributed by atoms with Crippen LogP contribution in [0.5, 0.6) is 5.75 Å². The van der Waals surface area contributed by atoms with E-state index in [1.807, 2.05) is 30.3 Å². The molecule has 2 aromatic rings. The summed E-state index contributed by atoms with van der Waals surface area (Å²) in [4.78, 5) is 26.1. The third-order valence-corrected chi connectivity index (χ3v) is 9.11. The summed E-state index contributed by atoms with van der Waals surface area (Å²) in [5, 5.41) is 16.3. The van der Waals surface area contributed by atoms with Crippen LogP contribution >= 0.6 is 7.75 Å². The van der Waals surface area contributed by atoms with E-state index in [2.05, 4.69) is 10.4 Å². The Balaban J connectivity index is 1.62. The fourth-order valence-electron chi connectivity index (χ4n) is 5.04. The summed E-state index contributed by atoms with van der Waals surface area (Å²) in [6, 6.07) is 15.0. The van der Waals surface area contributed by atoms with Gasteiger partial charge < -0.3 is 34.1 Å². The van der Waals surface area contributed by atoms with Gasteiger partial charge in [-0.25, -0.2) is 8.96 Å². The largest absolute Gasteiger partial charge is 0.462 e. The highest BCUT2D eigenvalue weighted by molar-refractivity contribution is 7.52. The Kier molecular flexibility index (Phi) is 10.7. The normalized spacial score (nSPS) is 28.4. The van der Waals surface area contributed by atoms with Gasteiger partial charge in [0.2, 0.25) is 11.8 Å². The molecule has 1 amide bonds. The van der Waals surface area contributed by atoms with Crippen molar-refractivity contribution in [2.45, 2.75) is 83.1 Å². The van der Waals surface area contributed by atoms with Gasteiger partial charge in [0.1, 0.15) is 24.0 Å². The van der Waals surface area contributed by atoms with Crippen LogP contribution in [0.3, 0.4) is 0 Å². The number of alkyl halides is 1. The first-order valence-electron chi connectivity index (χ1n) is 14.7. The predicted molar refractivity (Wildman–Crippen MR) is 163 cm³/mol. The molecule has 0 bridgehead atoms. The molecule has 2 aromatic carbocycles. The minimum Gasteiger partial charge on any atom is -0.462 e. The van der Waals surface area contributed by atoms with Gasteiger partial charge in [0.05, 0.1) is 12.7 Å². The molecular weight excluding hydrogens is 608 g/mol. The van der Waals surface area contributed by atoms with Crippen LogP contribution in [0.2, 0.25) is 0 Å². The molecule has 2 unspecified atom stereocenters. The molecule has 2 heterocycles. The molecule has 2 aliphatic rings. The topological polar surface area (TPSA) is 145 Å². The monoisotopic (exact) mass is 649 g/mol. The number of aliphatic hydroxyl groups is 1. The number of nitrogens with zero attached hydrogens (tertiary/aromatic N) is 1. The van der Waals surface area contributed by atoms with Gasteiger partial charge in [-0.1, -0.05) is 55.5 Å². The number of aliphatic hydroxyl groups excluding tert-OH is 1. The number of halogens is 1. The number of methoxy groups -OCH3 is 1. The first kappa shape index (κ1) is 34.6. The molecule has 0 radical (unpaired) electrons. The van der Waals surface area contributed by atoms with Crippen molar-refractivity contribution in [1.82, 2.24) is 15.3 Å². The van der Waals surface area contributed by atoms with Crippen molar-refractivity contribution >= 4 is 19.6 Å². The SMILES string of the molecule is CC[C@H](NP(=O)(OC[C@H]1O[C@@H](N2C=CC(=O)NC2(C)OC)[C@](C)(F)[C@@H]1O)Oc1ccccc1-c1ccccc1)C(=O)OC(C)C. The van der Waals surface area contributed by atoms with Crippen molar-refractivity contribution in [3.8, 4) is 16.9 Å². The lowest BCUT2D eigenvalue weighted by atomic mass is 9.97. The summed E-state index contributed by atoms with van der Waals surface area (Å²) in [5.74, 6) is -2.43. The number of esters is 1. The smallest absolute Gasteiger partial charge is 0.459 e. The highest BCUT2D eigenvalue weighted by atomic mass is 31.2. The van der Waals surface area contributed by atoms with Crippen LogP contribution in [-0.2, 0) is 32.9 Å². The van der Waals surface area contributed by atoms with Crippen LogP contribution in [0.4, 0.5) is 4.39 Å². The van der Waals surface area contributed by atoms with E-state index >= 15 is 4.39 Å². The molecule has 0 spiro atoms. The van der Waals surface area contributed by atoms with E-state index in [4.69, 9.17) is 23.3 Å². The minimum absolute atomic E-state index is 0.179. The molecule has 0 aromatic heterocycles. The maximum atomic E-state index is 16.1. The molecule has 1 saturated heterocycles. The van der Waals surface area contributed by atoms with Crippen molar-refractivity contribution in [3.63, 3.8) is 0 Å².